The van der Waals surface area contributed by atoms with Crippen molar-refractivity contribution in [2.45, 2.75) is 13.1 Å². The largest absolute Gasteiger partial charge is 0.350 e. The predicted molar refractivity (Wildman–Crippen MR) is 111 cm³/mol. The summed E-state index contributed by atoms with van der Waals surface area (Å²) in [6.45, 7) is 0.107. The van der Waals surface area contributed by atoms with Crippen molar-refractivity contribution in [1.82, 2.24) is 18.9 Å². The summed E-state index contributed by atoms with van der Waals surface area (Å²) in [6, 6.07) is 14.0. The summed E-state index contributed by atoms with van der Waals surface area (Å²) in [7, 11) is 0. The van der Waals surface area contributed by atoms with Crippen LogP contribution in [0.2, 0.25) is 0 Å². The van der Waals surface area contributed by atoms with Crippen molar-refractivity contribution >= 4 is 15.9 Å². The molecule has 0 aliphatic heterocycles. The highest BCUT2D eigenvalue weighted by Crippen LogP contribution is 2.13. The maximum Gasteiger partial charge on any atom is 0.350 e. The second-order valence-corrected chi connectivity index (χ2v) is 7.46. The summed E-state index contributed by atoms with van der Waals surface area (Å²) < 4.78 is 32.0. The smallest absolute Gasteiger partial charge is 0.310 e. The predicted octanol–water partition coefficient (Wildman–Crippen LogP) is 3.33. The van der Waals surface area contributed by atoms with Crippen molar-refractivity contribution in [3.63, 3.8) is 0 Å². The van der Waals surface area contributed by atoms with Crippen LogP contribution in [-0.4, -0.2) is 18.9 Å². The molecular weight excluding hydrogens is 458 g/mol. The Morgan fingerprint density at radius 3 is 2.27 bits per heavy atom. The molecule has 152 valence electrons. The van der Waals surface area contributed by atoms with Gasteiger partial charge in [-0.05, 0) is 57.9 Å². The Kier molecular flexibility index (Phi) is 5.45. The van der Waals surface area contributed by atoms with Gasteiger partial charge in [-0.2, -0.15) is 9.78 Å². The molecule has 0 aliphatic rings. The SMILES string of the molecule is O=c1c(Br)cccn1Cc1ccc(-n2ncn(Cc3c(F)cccc3F)c2=O)cc1. The van der Waals surface area contributed by atoms with Crippen LogP contribution < -0.4 is 11.2 Å². The quantitative estimate of drug-likeness (QED) is 0.447. The molecule has 0 amide bonds. The van der Waals surface area contributed by atoms with E-state index in [0.29, 0.717) is 16.7 Å². The number of benzene rings is 2. The first-order valence-electron chi connectivity index (χ1n) is 8.95. The maximum absolute atomic E-state index is 13.9. The molecule has 2 heterocycles. The van der Waals surface area contributed by atoms with E-state index >= 15 is 0 Å². The van der Waals surface area contributed by atoms with Crippen molar-refractivity contribution < 1.29 is 8.78 Å². The number of aromatic nitrogens is 4. The molecule has 0 saturated heterocycles. The molecule has 0 fully saturated rings. The molecule has 9 heteroatoms. The van der Waals surface area contributed by atoms with Crippen LogP contribution in [0.15, 0.2) is 81.2 Å². The minimum Gasteiger partial charge on any atom is -0.310 e. The zero-order chi connectivity index (χ0) is 21.3. The van der Waals surface area contributed by atoms with Gasteiger partial charge in [0.05, 0.1) is 23.2 Å². The average Bonchev–Trinajstić information content (AvgIpc) is 3.09. The highest BCUT2D eigenvalue weighted by atomic mass is 79.9. The van der Waals surface area contributed by atoms with E-state index in [1.54, 1.807) is 47.2 Å². The first kappa shape index (κ1) is 20.0. The minimum absolute atomic E-state index is 0.142. The number of hydrogen-bond donors (Lipinski definition) is 0. The van der Waals surface area contributed by atoms with Gasteiger partial charge in [0.25, 0.3) is 5.56 Å². The molecule has 0 aliphatic carbocycles. The summed E-state index contributed by atoms with van der Waals surface area (Å²) in [4.78, 5) is 24.7. The number of nitrogens with zero attached hydrogens (tertiary/aromatic N) is 4. The lowest BCUT2D eigenvalue weighted by atomic mass is 10.2. The van der Waals surface area contributed by atoms with E-state index < -0.39 is 17.3 Å². The highest BCUT2D eigenvalue weighted by Gasteiger charge is 2.13. The first-order valence-corrected chi connectivity index (χ1v) is 9.75. The van der Waals surface area contributed by atoms with Gasteiger partial charge >= 0.3 is 5.69 Å². The van der Waals surface area contributed by atoms with E-state index in [0.717, 1.165) is 26.9 Å². The topological polar surface area (TPSA) is 61.8 Å². The van der Waals surface area contributed by atoms with Crippen LogP contribution >= 0.6 is 15.9 Å². The molecule has 30 heavy (non-hydrogen) atoms. The van der Waals surface area contributed by atoms with Crippen LogP contribution in [0.25, 0.3) is 5.69 Å². The van der Waals surface area contributed by atoms with Crippen molar-refractivity contribution in [1.29, 1.82) is 0 Å². The fourth-order valence-electron chi connectivity index (χ4n) is 3.05. The van der Waals surface area contributed by atoms with E-state index in [1.807, 2.05) is 0 Å². The third kappa shape index (κ3) is 3.88. The second kappa shape index (κ2) is 8.19. The van der Waals surface area contributed by atoms with E-state index in [-0.39, 0.29) is 17.7 Å². The highest BCUT2D eigenvalue weighted by molar-refractivity contribution is 9.10. The van der Waals surface area contributed by atoms with Crippen LogP contribution in [0, 0.1) is 11.6 Å². The molecule has 0 bridgehead atoms. The minimum atomic E-state index is -0.721. The van der Waals surface area contributed by atoms with Gasteiger partial charge in [-0.1, -0.05) is 18.2 Å². The number of rotatable bonds is 5. The molecular formula is C21H15BrF2N4O2. The average molecular weight is 473 g/mol. The van der Waals surface area contributed by atoms with E-state index in [4.69, 9.17) is 0 Å². The summed E-state index contributed by atoms with van der Waals surface area (Å²) in [5.74, 6) is -1.44. The Morgan fingerprint density at radius 2 is 1.57 bits per heavy atom. The lowest BCUT2D eigenvalue weighted by Crippen LogP contribution is -2.24. The summed E-state index contributed by atoms with van der Waals surface area (Å²) in [5.41, 5.74) is 0.498. The summed E-state index contributed by atoms with van der Waals surface area (Å²) >= 11 is 3.22. The fraction of sp³-hybridized carbons (Fsp3) is 0.0952. The molecule has 2 aromatic heterocycles. The zero-order valence-electron chi connectivity index (χ0n) is 15.5. The fourth-order valence-corrected chi connectivity index (χ4v) is 3.43. The van der Waals surface area contributed by atoms with Gasteiger partial charge in [0, 0.05) is 11.8 Å². The van der Waals surface area contributed by atoms with Gasteiger partial charge in [0.2, 0.25) is 0 Å². The first-order chi connectivity index (χ1) is 14.4. The van der Waals surface area contributed by atoms with Crippen LogP contribution in [0.1, 0.15) is 11.1 Å². The Morgan fingerprint density at radius 1 is 0.867 bits per heavy atom. The normalized spacial score (nSPS) is 11.0. The molecule has 0 spiro atoms. The molecule has 4 rings (SSSR count). The molecule has 0 saturated carbocycles. The van der Waals surface area contributed by atoms with Gasteiger partial charge < -0.3 is 4.57 Å². The lowest BCUT2D eigenvalue weighted by Gasteiger charge is -2.07. The lowest BCUT2D eigenvalue weighted by molar-refractivity contribution is 0.541. The molecule has 0 N–H and O–H groups in total. The molecule has 0 atom stereocenters. The summed E-state index contributed by atoms with van der Waals surface area (Å²) in [5, 5.41) is 4.04. The van der Waals surface area contributed by atoms with E-state index in [2.05, 4.69) is 21.0 Å². The number of pyridine rings is 1. The molecule has 2 aromatic carbocycles. The van der Waals surface area contributed by atoms with Crippen LogP contribution in [0.3, 0.4) is 0 Å². The van der Waals surface area contributed by atoms with E-state index in [1.165, 1.54) is 12.4 Å². The Bertz CT molecular complexity index is 1310. The molecule has 4 aromatic rings. The Hall–Kier alpha value is -3.33. The number of hydrogen-bond acceptors (Lipinski definition) is 3. The van der Waals surface area contributed by atoms with Gasteiger partial charge in [0.1, 0.15) is 18.0 Å². The van der Waals surface area contributed by atoms with Crippen molar-refractivity contribution in [2.24, 2.45) is 0 Å². The van der Waals surface area contributed by atoms with Crippen molar-refractivity contribution in [3.05, 3.63) is 115 Å². The molecule has 0 unspecified atom stereocenters. The zero-order valence-corrected chi connectivity index (χ0v) is 17.1. The maximum atomic E-state index is 13.9. The number of halogens is 3. The van der Waals surface area contributed by atoms with Crippen LogP contribution in [-0.2, 0) is 13.1 Å². The third-order valence-corrected chi connectivity index (χ3v) is 5.23. The van der Waals surface area contributed by atoms with Gasteiger partial charge in [0.15, 0.2) is 0 Å². The Labute approximate surface area is 177 Å². The second-order valence-electron chi connectivity index (χ2n) is 6.61. The van der Waals surface area contributed by atoms with Crippen LogP contribution in [0.5, 0.6) is 0 Å². The molecule has 0 radical (unpaired) electrons. The van der Waals surface area contributed by atoms with Gasteiger partial charge in [-0.15, -0.1) is 0 Å². The Balaban J connectivity index is 1.57. The monoisotopic (exact) mass is 472 g/mol. The van der Waals surface area contributed by atoms with Gasteiger partial charge in [-0.25, -0.2) is 13.6 Å². The summed E-state index contributed by atoms with van der Waals surface area (Å²) in [6.07, 6.45) is 2.93. The standard InChI is InChI=1S/C21H15BrF2N4O2/c22-17-3-2-10-26(20(17)29)11-14-6-8-15(9-7-14)28-21(30)27(13-25-28)12-16-18(23)4-1-5-19(16)24/h1-10,13H,11-12H2. The molecule has 6 nitrogen and oxygen atoms in total. The third-order valence-electron chi connectivity index (χ3n) is 4.63. The van der Waals surface area contributed by atoms with Crippen LogP contribution in [0.4, 0.5) is 8.78 Å². The van der Waals surface area contributed by atoms with Crippen molar-refractivity contribution in [2.75, 3.05) is 0 Å². The van der Waals surface area contributed by atoms with Gasteiger partial charge in [-0.3, -0.25) is 9.36 Å². The van der Waals surface area contributed by atoms with Crippen molar-refractivity contribution in [3.8, 4) is 5.69 Å². The van der Waals surface area contributed by atoms with E-state index in [9.17, 15) is 18.4 Å².